The van der Waals surface area contributed by atoms with Crippen LogP contribution in [0.1, 0.15) is 12.8 Å². The number of nitrogens with zero attached hydrogens (tertiary/aromatic N) is 2. The average Bonchev–Trinajstić information content (AvgIpc) is 2.75. The van der Waals surface area contributed by atoms with Crippen LogP contribution in [0.3, 0.4) is 0 Å². The molecule has 2 heterocycles. The highest BCUT2D eigenvalue weighted by Crippen LogP contribution is 2.26. The molecule has 0 N–H and O–H groups in total. The van der Waals surface area contributed by atoms with Gasteiger partial charge >= 0.3 is 0 Å². The molecule has 1 aliphatic heterocycles. The van der Waals surface area contributed by atoms with Crippen molar-refractivity contribution < 1.29 is 8.42 Å². The van der Waals surface area contributed by atoms with Gasteiger partial charge in [0, 0.05) is 13.1 Å². The van der Waals surface area contributed by atoms with Crippen molar-refractivity contribution in [2.75, 3.05) is 18.0 Å². The summed E-state index contributed by atoms with van der Waals surface area (Å²) in [7, 11) is -2.46. The average molecular weight is 218 g/mol. The van der Waals surface area contributed by atoms with Crippen molar-refractivity contribution in [3.05, 3.63) is 6.20 Å². The molecular formula is C7H10N2O2S2. The molecule has 0 radical (unpaired) electrons. The van der Waals surface area contributed by atoms with Crippen molar-refractivity contribution in [1.29, 1.82) is 0 Å². The van der Waals surface area contributed by atoms with Crippen LogP contribution in [0.2, 0.25) is 0 Å². The third-order valence-corrected chi connectivity index (χ3v) is 4.09. The molecule has 1 saturated heterocycles. The van der Waals surface area contributed by atoms with Gasteiger partial charge in [-0.15, -0.1) is 0 Å². The van der Waals surface area contributed by atoms with Gasteiger partial charge in [-0.05, 0) is 12.8 Å². The van der Waals surface area contributed by atoms with Crippen LogP contribution in [0.4, 0.5) is 5.13 Å². The first-order chi connectivity index (χ1) is 6.27. The van der Waals surface area contributed by atoms with Crippen LogP contribution in [-0.2, 0) is 10.7 Å². The third-order valence-electron chi connectivity index (χ3n) is 2.04. The number of thiol groups is 1. The maximum Gasteiger partial charge on any atom is 0.186 e. The number of hydrogen-bond donors (Lipinski definition) is 1. The van der Waals surface area contributed by atoms with Crippen molar-refractivity contribution >= 4 is 27.2 Å². The van der Waals surface area contributed by atoms with Gasteiger partial charge in [-0.2, -0.15) is 0 Å². The van der Waals surface area contributed by atoms with E-state index in [1.807, 2.05) is 0 Å². The molecule has 0 spiro atoms. The van der Waals surface area contributed by atoms with Gasteiger partial charge in [0.15, 0.2) is 15.8 Å². The first-order valence-electron chi connectivity index (χ1n) is 4.12. The molecule has 1 aliphatic rings. The SMILES string of the molecule is O=[SH](=O)c1cnc(N2CCCC2)s1. The van der Waals surface area contributed by atoms with E-state index in [9.17, 15) is 8.42 Å². The van der Waals surface area contributed by atoms with Crippen LogP contribution in [0.25, 0.3) is 0 Å². The van der Waals surface area contributed by atoms with Crippen LogP contribution in [0.15, 0.2) is 10.4 Å². The van der Waals surface area contributed by atoms with E-state index in [0.717, 1.165) is 18.2 Å². The zero-order valence-corrected chi connectivity index (χ0v) is 8.68. The van der Waals surface area contributed by atoms with Crippen LogP contribution >= 0.6 is 11.3 Å². The fourth-order valence-electron chi connectivity index (χ4n) is 1.40. The summed E-state index contributed by atoms with van der Waals surface area (Å²) >= 11 is 1.26. The monoisotopic (exact) mass is 218 g/mol. The van der Waals surface area contributed by atoms with Crippen molar-refractivity contribution in [1.82, 2.24) is 4.98 Å². The molecule has 1 aromatic rings. The minimum absolute atomic E-state index is 0.358. The maximum absolute atomic E-state index is 10.6. The van der Waals surface area contributed by atoms with Crippen molar-refractivity contribution in [2.45, 2.75) is 17.1 Å². The van der Waals surface area contributed by atoms with Crippen LogP contribution in [-0.4, -0.2) is 26.5 Å². The highest BCUT2D eigenvalue weighted by molar-refractivity contribution is 7.75. The molecule has 0 unspecified atom stereocenters. The number of thiazole rings is 1. The Morgan fingerprint density at radius 3 is 2.62 bits per heavy atom. The van der Waals surface area contributed by atoms with E-state index in [0.29, 0.717) is 4.21 Å². The van der Waals surface area contributed by atoms with E-state index in [2.05, 4.69) is 9.88 Å². The molecule has 6 heteroatoms. The number of rotatable bonds is 2. The van der Waals surface area contributed by atoms with E-state index in [1.54, 1.807) is 0 Å². The molecule has 4 nitrogen and oxygen atoms in total. The molecule has 0 bridgehead atoms. The first kappa shape index (κ1) is 8.96. The fourth-order valence-corrected chi connectivity index (χ4v) is 2.80. The number of aromatic nitrogens is 1. The van der Waals surface area contributed by atoms with E-state index in [-0.39, 0.29) is 0 Å². The molecule has 0 saturated carbocycles. The van der Waals surface area contributed by atoms with Crippen LogP contribution in [0, 0.1) is 0 Å². The summed E-state index contributed by atoms with van der Waals surface area (Å²) in [5.41, 5.74) is 0. The zero-order chi connectivity index (χ0) is 9.26. The van der Waals surface area contributed by atoms with Gasteiger partial charge in [-0.1, -0.05) is 11.3 Å². The Labute approximate surface area is 82.2 Å². The quantitative estimate of drug-likeness (QED) is 0.743. The zero-order valence-electron chi connectivity index (χ0n) is 6.97. The lowest BCUT2D eigenvalue weighted by Crippen LogP contribution is -2.16. The lowest BCUT2D eigenvalue weighted by atomic mass is 10.4. The predicted molar refractivity (Wildman–Crippen MR) is 52.1 cm³/mol. The first-order valence-corrected chi connectivity index (χ1v) is 6.12. The molecule has 0 amide bonds. The van der Waals surface area contributed by atoms with Gasteiger partial charge in [0.05, 0.1) is 6.20 Å². The molecule has 13 heavy (non-hydrogen) atoms. The second-order valence-electron chi connectivity index (χ2n) is 2.93. The summed E-state index contributed by atoms with van der Waals surface area (Å²) in [5, 5.41) is 0.840. The highest BCUT2D eigenvalue weighted by Gasteiger charge is 2.15. The van der Waals surface area contributed by atoms with Gasteiger partial charge in [-0.25, -0.2) is 13.4 Å². The second kappa shape index (κ2) is 3.63. The molecule has 2 rings (SSSR count). The van der Waals surface area contributed by atoms with Gasteiger partial charge in [0.2, 0.25) is 0 Å². The van der Waals surface area contributed by atoms with Gasteiger partial charge < -0.3 is 4.90 Å². The molecule has 72 valence electrons. The topological polar surface area (TPSA) is 50.3 Å². The van der Waals surface area contributed by atoms with Gasteiger partial charge in [-0.3, -0.25) is 0 Å². The summed E-state index contributed by atoms with van der Waals surface area (Å²) in [4.78, 5) is 6.21. The Morgan fingerprint density at radius 1 is 1.38 bits per heavy atom. The Hall–Kier alpha value is -0.620. The van der Waals surface area contributed by atoms with Gasteiger partial charge in [0.25, 0.3) is 0 Å². The lowest BCUT2D eigenvalue weighted by Gasteiger charge is -2.11. The summed E-state index contributed by atoms with van der Waals surface area (Å²) in [6, 6.07) is 0. The largest absolute Gasteiger partial charge is 0.348 e. The molecule has 0 aromatic carbocycles. The predicted octanol–water partition coefficient (Wildman–Crippen LogP) is 0.714. The summed E-state index contributed by atoms with van der Waals surface area (Å²) in [5.74, 6) is 0. The van der Waals surface area contributed by atoms with E-state index in [4.69, 9.17) is 0 Å². The summed E-state index contributed by atoms with van der Waals surface area (Å²) in [6.45, 7) is 2.01. The minimum Gasteiger partial charge on any atom is -0.348 e. The molecule has 0 atom stereocenters. The summed E-state index contributed by atoms with van der Waals surface area (Å²) < 4.78 is 21.6. The Balaban J connectivity index is 2.21. The van der Waals surface area contributed by atoms with E-state index < -0.39 is 10.7 Å². The number of hydrogen-bond acceptors (Lipinski definition) is 5. The van der Waals surface area contributed by atoms with Crippen molar-refractivity contribution in [2.24, 2.45) is 0 Å². The van der Waals surface area contributed by atoms with Crippen molar-refractivity contribution in [3.8, 4) is 0 Å². The normalized spacial score (nSPS) is 17.2. The maximum atomic E-state index is 10.6. The third kappa shape index (κ3) is 1.83. The van der Waals surface area contributed by atoms with E-state index in [1.165, 1.54) is 30.4 Å². The van der Waals surface area contributed by atoms with Gasteiger partial charge in [0.1, 0.15) is 4.21 Å². The van der Waals surface area contributed by atoms with E-state index >= 15 is 0 Å². The Kier molecular flexibility index (Phi) is 2.50. The smallest absolute Gasteiger partial charge is 0.186 e. The fraction of sp³-hybridized carbons (Fsp3) is 0.571. The molecular weight excluding hydrogens is 208 g/mol. The Bertz CT molecular complexity index is 358. The molecule has 0 aliphatic carbocycles. The molecule has 1 fully saturated rings. The second-order valence-corrected chi connectivity index (χ2v) is 5.24. The van der Waals surface area contributed by atoms with Crippen LogP contribution in [0.5, 0.6) is 0 Å². The highest BCUT2D eigenvalue weighted by atomic mass is 32.2. The molecule has 1 aromatic heterocycles. The Morgan fingerprint density at radius 2 is 2.08 bits per heavy atom. The minimum atomic E-state index is -2.46. The number of anilines is 1. The summed E-state index contributed by atoms with van der Waals surface area (Å²) in [6.07, 6.45) is 3.79. The van der Waals surface area contributed by atoms with Crippen molar-refractivity contribution in [3.63, 3.8) is 0 Å². The standard InChI is InChI=1S/C7H10N2O2S2/c10-13(11)6-5-8-7(12-6)9-3-1-2-4-9/h5,13H,1-4H2. The van der Waals surface area contributed by atoms with Crippen LogP contribution < -0.4 is 4.90 Å². The lowest BCUT2D eigenvalue weighted by molar-refractivity contribution is 0.616.